The Hall–Kier alpha value is -2.76. The fourth-order valence-corrected chi connectivity index (χ4v) is 2.42. The molecule has 0 aliphatic heterocycles. The number of nitrogens with one attached hydrogen (secondary N) is 2. The molecule has 0 radical (unpaired) electrons. The molecule has 1 amide bonds. The number of H-pyrrole nitrogens is 1. The summed E-state index contributed by atoms with van der Waals surface area (Å²) in [4.78, 5) is 29.1. The van der Waals surface area contributed by atoms with E-state index in [9.17, 15) is 9.59 Å². The van der Waals surface area contributed by atoms with Crippen LogP contribution in [0.25, 0.3) is 0 Å². The van der Waals surface area contributed by atoms with E-state index in [1.807, 2.05) is 43.3 Å². The Kier molecular flexibility index (Phi) is 4.74. The maximum atomic E-state index is 12.4. The quantitative estimate of drug-likeness (QED) is 0.851. The van der Waals surface area contributed by atoms with E-state index in [1.165, 1.54) is 7.11 Å². The van der Waals surface area contributed by atoms with Crippen LogP contribution in [0.2, 0.25) is 0 Å². The van der Waals surface area contributed by atoms with Gasteiger partial charge in [-0.2, -0.15) is 0 Å². The van der Waals surface area contributed by atoms with Crippen molar-refractivity contribution in [2.75, 3.05) is 31.4 Å². The van der Waals surface area contributed by atoms with Crippen LogP contribution in [0, 0.1) is 13.8 Å². The van der Waals surface area contributed by atoms with Gasteiger partial charge in [0.15, 0.2) is 0 Å². The molecular weight excluding hydrogens is 294 g/mol. The van der Waals surface area contributed by atoms with Gasteiger partial charge >= 0.3 is 5.97 Å². The lowest BCUT2D eigenvalue weighted by Crippen LogP contribution is -2.14. The van der Waals surface area contributed by atoms with Crippen molar-refractivity contribution >= 4 is 23.3 Å². The number of hydrogen-bond acceptors (Lipinski definition) is 4. The fraction of sp³-hybridized carbons (Fsp3) is 0.294. The molecule has 122 valence electrons. The second kappa shape index (κ2) is 6.56. The molecule has 6 nitrogen and oxygen atoms in total. The van der Waals surface area contributed by atoms with Gasteiger partial charge in [0.25, 0.3) is 5.91 Å². The maximum Gasteiger partial charge on any atom is 0.339 e. The number of aromatic amines is 1. The van der Waals surface area contributed by atoms with Crippen molar-refractivity contribution in [3.05, 3.63) is 46.8 Å². The normalized spacial score (nSPS) is 10.3. The third kappa shape index (κ3) is 3.36. The molecule has 2 N–H and O–H groups in total. The average molecular weight is 315 g/mol. The Morgan fingerprint density at radius 2 is 1.74 bits per heavy atom. The molecule has 1 aromatic carbocycles. The van der Waals surface area contributed by atoms with Crippen LogP contribution in [0.1, 0.15) is 32.1 Å². The number of ether oxygens (including phenoxy) is 1. The number of nitrogens with zero attached hydrogens (tertiary/aromatic N) is 1. The Labute approximate surface area is 135 Å². The standard InChI is InChI=1S/C17H21N3O3/c1-10-14(17(22)23-5)11(2)18-15(10)16(21)19-12-6-8-13(9-7-12)20(3)4/h6-9,18H,1-5H3,(H,19,21). The van der Waals surface area contributed by atoms with Gasteiger partial charge in [0.05, 0.1) is 12.7 Å². The number of hydrogen-bond donors (Lipinski definition) is 2. The van der Waals surface area contributed by atoms with Crippen molar-refractivity contribution in [3.63, 3.8) is 0 Å². The van der Waals surface area contributed by atoms with Gasteiger partial charge in [-0.3, -0.25) is 4.79 Å². The average Bonchev–Trinajstić information content (AvgIpc) is 2.82. The lowest BCUT2D eigenvalue weighted by molar-refractivity contribution is 0.0599. The molecule has 1 aromatic heterocycles. The predicted molar refractivity (Wildman–Crippen MR) is 90.3 cm³/mol. The summed E-state index contributed by atoms with van der Waals surface area (Å²) in [6.45, 7) is 3.46. The van der Waals surface area contributed by atoms with Gasteiger partial charge < -0.3 is 19.9 Å². The minimum atomic E-state index is -0.453. The van der Waals surface area contributed by atoms with Gasteiger partial charge in [0.1, 0.15) is 5.69 Å². The van der Waals surface area contributed by atoms with E-state index < -0.39 is 5.97 Å². The molecule has 2 aromatic rings. The van der Waals surface area contributed by atoms with Gasteiger partial charge in [0, 0.05) is 31.2 Å². The van der Waals surface area contributed by atoms with E-state index in [4.69, 9.17) is 4.74 Å². The first-order chi connectivity index (χ1) is 10.8. The number of carbonyl (C=O) groups excluding carboxylic acids is 2. The highest BCUT2D eigenvalue weighted by Crippen LogP contribution is 2.21. The molecule has 0 spiro atoms. The first-order valence-corrected chi connectivity index (χ1v) is 7.21. The lowest BCUT2D eigenvalue weighted by atomic mass is 10.1. The molecular formula is C17H21N3O3. The van der Waals surface area contributed by atoms with Crippen LogP contribution in [0.15, 0.2) is 24.3 Å². The zero-order valence-electron chi connectivity index (χ0n) is 14.0. The van der Waals surface area contributed by atoms with Crippen molar-refractivity contribution in [1.82, 2.24) is 4.98 Å². The maximum absolute atomic E-state index is 12.4. The Bertz CT molecular complexity index is 730. The summed E-state index contributed by atoms with van der Waals surface area (Å²) in [6.07, 6.45) is 0. The molecule has 0 aliphatic carbocycles. The number of methoxy groups -OCH3 is 1. The zero-order valence-corrected chi connectivity index (χ0v) is 14.0. The molecule has 23 heavy (non-hydrogen) atoms. The third-order valence-corrected chi connectivity index (χ3v) is 3.70. The van der Waals surface area contributed by atoms with E-state index in [1.54, 1.807) is 13.8 Å². The van der Waals surface area contributed by atoms with Crippen molar-refractivity contribution in [3.8, 4) is 0 Å². The van der Waals surface area contributed by atoms with Crippen LogP contribution in [0.4, 0.5) is 11.4 Å². The van der Waals surface area contributed by atoms with E-state index in [-0.39, 0.29) is 5.91 Å². The van der Waals surface area contributed by atoms with Crippen LogP contribution in [0.3, 0.4) is 0 Å². The van der Waals surface area contributed by atoms with Crippen LogP contribution < -0.4 is 10.2 Å². The van der Waals surface area contributed by atoms with E-state index >= 15 is 0 Å². The van der Waals surface area contributed by atoms with Gasteiger partial charge in [-0.15, -0.1) is 0 Å². The molecule has 0 saturated heterocycles. The number of anilines is 2. The van der Waals surface area contributed by atoms with Crippen LogP contribution in [-0.2, 0) is 4.74 Å². The fourth-order valence-electron chi connectivity index (χ4n) is 2.42. The molecule has 6 heteroatoms. The lowest BCUT2D eigenvalue weighted by Gasteiger charge is -2.13. The molecule has 0 saturated carbocycles. The molecule has 1 heterocycles. The first kappa shape index (κ1) is 16.6. The van der Waals surface area contributed by atoms with Gasteiger partial charge in [-0.1, -0.05) is 0 Å². The molecule has 0 bridgehead atoms. The van der Waals surface area contributed by atoms with Crippen molar-refractivity contribution in [2.24, 2.45) is 0 Å². The summed E-state index contributed by atoms with van der Waals surface area (Å²) < 4.78 is 4.75. The summed E-state index contributed by atoms with van der Waals surface area (Å²) in [7, 11) is 5.22. The number of rotatable bonds is 4. The second-order valence-corrected chi connectivity index (χ2v) is 5.51. The Morgan fingerprint density at radius 1 is 1.13 bits per heavy atom. The monoisotopic (exact) mass is 315 g/mol. The number of benzene rings is 1. The third-order valence-electron chi connectivity index (χ3n) is 3.70. The largest absolute Gasteiger partial charge is 0.465 e. The minimum Gasteiger partial charge on any atom is -0.465 e. The zero-order chi connectivity index (χ0) is 17.1. The SMILES string of the molecule is COC(=O)c1c(C)[nH]c(C(=O)Nc2ccc(N(C)C)cc2)c1C. The summed E-state index contributed by atoms with van der Waals surface area (Å²) in [5, 5.41) is 2.82. The topological polar surface area (TPSA) is 74.4 Å². The number of carbonyl (C=O) groups is 2. The highest BCUT2D eigenvalue weighted by molar-refractivity contribution is 6.06. The number of esters is 1. The number of amides is 1. The van der Waals surface area contributed by atoms with Crippen molar-refractivity contribution in [2.45, 2.75) is 13.8 Å². The Balaban J connectivity index is 2.23. The second-order valence-electron chi connectivity index (χ2n) is 5.51. The van der Waals surface area contributed by atoms with Crippen molar-refractivity contribution < 1.29 is 14.3 Å². The Morgan fingerprint density at radius 3 is 2.26 bits per heavy atom. The van der Waals surface area contributed by atoms with E-state index in [0.717, 1.165) is 5.69 Å². The van der Waals surface area contributed by atoms with Gasteiger partial charge in [-0.25, -0.2) is 4.79 Å². The predicted octanol–water partition coefficient (Wildman–Crippen LogP) is 2.74. The summed E-state index contributed by atoms with van der Waals surface area (Å²) >= 11 is 0. The van der Waals surface area contributed by atoms with Crippen LogP contribution >= 0.6 is 0 Å². The van der Waals surface area contributed by atoms with E-state index in [2.05, 4.69) is 10.3 Å². The minimum absolute atomic E-state index is 0.293. The summed E-state index contributed by atoms with van der Waals surface area (Å²) in [5.41, 5.74) is 3.69. The highest BCUT2D eigenvalue weighted by atomic mass is 16.5. The number of aromatic nitrogens is 1. The molecule has 0 atom stereocenters. The smallest absolute Gasteiger partial charge is 0.339 e. The molecule has 0 aliphatic rings. The van der Waals surface area contributed by atoms with Gasteiger partial charge in [0.2, 0.25) is 0 Å². The molecule has 2 rings (SSSR count). The summed E-state index contributed by atoms with van der Waals surface area (Å²) in [5.74, 6) is -0.746. The van der Waals surface area contributed by atoms with Gasteiger partial charge in [-0.05, 0) is 43.7 Å². The van der Waals surface area contributed by atoms with E-state index in [0.29, 0.717) is 28.2 Å². The van der Waals surface area contributed by atoms with Crippen molar-refractivity contribution in [1.29, 1.82) is 0 Å². The first-order valence-electron chi connectivity index (χ1n) is 7.21. The van der Waals surface area contributed by atoms with Crippen LogP contribution in [-0.4, -0.2) is 38.1 Å². The highest BCUT2D eigenvalue weighted by Gasteiger charge is 2.22. The molecule has 0 unspecified atom stereocenters. The summed E-state index contributed by atoms with van der Waals surface area (Å²) in [6, 6.07) is 7.50. The van der Waals surface area contributed by atoms with Crippen LogP contribution in [0.5, 0.6) is 0 Å². The molecule has 0 fully saturated rings. The number of aryl methyl sites for hydroxylation is 1.